The second-order valence-electron chi connectivity index (χ2n) is 5.63. The van der Waals surface area contributed by atoms with Gasteiger partial charge in [0.2, 0.25) is 0 Å². The van der Waals surface area contributed by atoms with Crippen molar-refractivity contribution in [2.45, 2.75) is 71.1 Å². The van der Waals surface area contributed by atoms with Crippen molar-refractivity contribution >= 4 is 11.5 Å². The molecule has 2 nitrogen and oxygen atoms in total. The first-order valence-corrected chi connectivity index (χ1v) is 8.12. The number of unbranched alkanes of at least 4 members (excludes halogenated alkanes) is 8. The van der Waals surface area contributed by atoms with Crippen molar-refractivity contribution in [3.63, 3.8) is 0 Å². The van der Waals surface area contributed by atoms with E-state index in [0.717, 1.165) is 12.0 Å². The van der Waals surface area contributed by atoms with E-state index < -0.39 is 0 Å². The summed E-state index contributed by atoms with van der Waals surface area (Å²) in [5.41, 5.74) is 7.11. The molecule has 0 saturated heterocycles. The molecule has 0 saturated carbocycles. The highest BCUT2D eigenvalue weighted by Gasteiger charge is 2.05. The molecule has 0 radical (unpaired) electrons. The van der Waals surface area contributed by atoms with Crippen LogP contribution in [0.25, 0.3) is 0 Å². The van der Waals surface area contributed by atoms with E-state index >= 15 is 0 Å². The SMILES string of the molecule is CCCCCCCCCCCC(=O)c1cccc(N)c1. The summed E-state index contributed by atoms with van der Waals surface area (Å²) in [7, 11) is 0. The third-order valence-electron chi connectivity index (χ3n) is 3.72. The molecule has 1 aromatic carbocycles. The highest BCUT2D eigenvalue weighted by atomic mass is 16.1. The predicted octanol–water partition coefficient (Wildman–Crippen LogP) is 5.37. The van der Waals surface area contributed by atoms with Crippen LogP contribution in [0.5, 0.6) is 0 Å². The molecule has 2 heteroatoms. The van der Waals surface area contributed by atoms with E-state index in [4.69, 9.17) is 5.73 Å². The quantitative estimate of drug-likeness (QED) is 0.335. The third-order valence-corrected chi connectivity index (χ3v) is 3.72. The number of hydrogen-bond donors (Lipinski definition) is 1. The van der Waals surface area contributed by atoms with Gasteiger partial charge in [0.05, 0.1) is 0 Å². The summed E-state index contributed by atoms with van der Waals surface area (Å²) in [4.78, 5) is 11.9. The number of Topliss-reactive ketones (excluding diaryl/α,β-unsaturated/α-hetero) is 1. The van der Waals surface area contributed by atoms with Gasteiger partial charge in [-0.05, 0) is 18.6 Å². The third kappa shape index (κ3) is 7.32. The minimum atomic E-state index is 0.222. The van der Waals surface area contributed by atoms with Crippen LogP contribution in [0.2, 0.25) is 0 Å². The van der Waals surface area contributed by atoms with Crippen LogP contribution in [0.1, 0.15) is 81.5 Å². The Kier molecular flexibility index (Phi) is 8.77. The van der Waals surface area contributed by atoms with E-state index in [-0.39, 0.29) is 5.78 Å². The number of benzene rings is 1. The highest BCUT2D eigenvalue weighted by Crippen LogP contribution is 2.13. The molecular formula is C18H29NO. The molecule has 20 heavy (non-hydrogen) atoms. The van der Waals surface area contributed by atoms with Gasteiger partial charge in [-0.2, -0.15) is 0 Å². The molecule has 1 aromatic rings. The lowest BCUT2D eigenvalue weighted by atomic mass is 10.0. The first kappa shape index (κ1) is 16.7. The Morgan fingerprint density at radius 2 is 1.55 bits per heavy atom. The van der Waals surface area contributed by atoms with Crippen LogP contribution >= 0.6 is 0 Å². The zero-order chi connectivity index (χ0) is 14.6. The Bertz CT molecular complexity index is 387. The summed E-state index contributed by atoms with van der Waals surface area (Å²) < 4.78 is 0. The average molecular weight is 275 g/mol. The van der Waals surface area contributed by atoms with E-state index in [1.54, 1.807) is 6.07 Å². The number of carbonyl (C=O) groups is 1. The largest absolute Gasteiger partial charge is 0.399 e. The zero-order valence-corrected chi connectivity index (χ0v) is 12.9. The van der Waals surface area contributed by atoms with Crippen LogP contribution < -0.4 is 5.73 Å². The first-order chi connectivity index (χ1) is 9.74. The van der Waals surface area contributed by atoms with E-state index in [0.29, 0.717) is 12.1 Å². The molecule has 2 N–H and O–H groups in total. The molecule has 0 aliphatic carbocycles. The summed E-state index contributed by atoms with van der Waals surface area (Å²) in [6.45, 7) is 2.25. The fourth-order valence-electron chi connectivity index (χ4n) is 2.45. The van der Waals surface area contributed by atoms with Crippen molar-refractivity contribution in [3.05, 3.63) is 29.8 Å². The van der Waals surface area contributed by atoms with Gasteiger partial charge in [-0.15, -0.1) is 0 Å². The van der Waals surface area contributed by atoms with E-state index in [2.05, 4.69) is 6.92 Å². The van der Waals surface area contributed by atoms with Crippen LogP contribution in [0, 0.1) is 0 Å². The number of ketones is 1. The molecule has 0 aromatic heterocycles. The maximum Gasteiger partial charge on any atom is 0.162 e. The number of nitrogens with two attached hydrogens (primary N) is 1. The first-order valence-electron chi connectivity index (χ1n) is 8.12. The van der Waals surface area contributed by atoms with Crippen LogP contribution in [0.15, 0.2) is 24.3 Å². The standard InChI is InChI=1S/C18H29NO/c1-2-3-4-5-6-7-8-9-10-14-18(20)16-12-11-13-17(19)15-16/h11-13,15H,2-10,14,19H2,1H3. The Labute approximate surface area is 123 Å². The molecule has 0 bridgehead atoms. The maximum absolute atomic E-state index is 11.9. The van der Waals surface area contributed by atoms with E-state index in [1.165, 1.54) is 51.4 Å². The number of hydrogen-bond acceptors (Lipinski definition) is 2. The lowest BCUT2D eigenvalue weighted by Gasteiger charge is -2.03. The molecule has 1 rings (SSSR count). The summed E-state index contributed by atoms with van der Waals surface area (Å²) in [6, 6.07) is 7.29. The van der Waals surface area contributed by atoms with Crippen molar-refractivity contribution in [3.8, 4) is 0 Å². The minimum Gasteiger partial charge on any atom is -0.399 e. The van der Waals surface area contributed by atoms with Crippen LogP contribution in [-0.4, -0.2) is 5.78 Å². The van der Waals surface area contributed by atoms with Gasteiger partial charge in [-0.1, -0.05) is 70.4 Å². The van der Waals surface area contributed by atoms with Gasteiger partial charge in [0.1, 0.15) is 0 Å². The van der Waals surface area contributed by atoms with Crippen molar-refractivity contribution in [2.24, 2.45) is 0 Å². The number of anilines is 1. The molecule has 0 atom stereocenters. The smallest absolute Gasteiger partial charge is 0.162 e. The van der Waals surface area contributed by atoms with Gasteiger partial charge >= 0.3 is 0 Å². The average Bonchev–Trinajstić information content (AvgIpc) is 2.45. The van der Waals surface area contributed by atoms with Crippen LogP contribution in [0.3, 0.4) is 0 Å². The molecule has 0 amide bonds. The van der Waals surface area contributed by atoms with E-state index in [1.807, 2.05) is 18.2 Å². The van der Waals surface area contributed by atoms with Crippen molar-refractivity contribution in [1.29, 1.82) is 0 Å². The highest BCUT2D eigenvalue weighted by molar-refractivity contribution is 5.96. The Morgan fingerprint density at radius 1 is 0.950 bits per heavy atom. The fraction of sp³-hybridized carbons (Fsp3) is 0.611. The van der Waals surface area contributed by atoms with Gasteiger partial charge in [0.15, 0.2) is 5.78 Å². The number of rotatable bonds is 11. The van der Waals surface area contributed by atoms with Crippen LogP contribution in [-0.2, 0) is 0 Å². The maximum atomic E-state index is 11.9. The molecule has 0 heterocycles. The second kappa shape index (κ2) is 10.5. The van der Waals surface area contributed by atoms with Gasteiger partial charge in [0.25, 0.3) is 0 Å². The number of carbonyl (C=O) groups excluding carboxylic acids is 1. The molecule has 112 valence electrons. The van der Waals surface area contributed by atoms with Gasteiger partial charge < -0.3 is 5.73 Å². The Balaban J connectivity index is 2.02. The normalized spacial score (nSPS) is 10.7. The topological polar surface area (TPSA) is 43.1 Å². The molecule has 0 aliphatic heterocycles. The monoisotopic (exact) mass is 275 g/mol. The Hall–Kier alpha value is -1.31. The van der Waals surface area contributed by atoms with Gasteiger partial charge in [-0.25, -0.2) is 0 Å². The summed E-state index contributed by atoms with van der Waals surface area (Å²) in [5, 5.41) is 0. The zero-order valence-electron chi connectivity index (χ0n) is 12.9. The summed E-state index contributed by atoms with van der Waals surface area (Å²) in [6.07, 6.45) is 12.2. The van der Waals surface area contributed by atoms with Crippen molar-refractivity contribution < 1.29 is 4.79 Å². The Morgan fingerprint density at radius 3 is 2.15 bits per heavy atom. The molecule has 0 aliphatic rings. The van der Waals surface area contributed by atoms with Gasteiger partial charge in [0, 0.05) is 17.7 Å². The van der Waals surface area contributed by atoms with Gasteiger partial charge in [-0.3, -0.25) is 4.79 Å². The molecular weight excluding hydrogens is 246 g/mol. The summed E-state index contributed by atoms with van der Waals surface area (Å²) in [5.74, 6) is 0.222. The molecule has 0 spiro atoms. The minimum absolute atomic E-state index is 0.222. The van der Waals surface area contributed by atoms with Crippen molar-refractivity contribution in [2.75, 3.05) is 5.73 Å². The lowest BCUT2D eigenvalue weighted by molar-refractivity contribution is 0.0979. The summed E-state index contributed by atoms with van der Waals surface area (Å²) >= 11 is 0. The fourth-order valence-corrected chi connectivity index (χ4v) is 2.45. The predicted molar refractivity (Wildman–Crippen MR) is 87.0 cm³/mol. The number of nitrogen functional groups attached to an aromatic ring is 1. The van der Waals surface area contributed by atoms with E-state index in [9.17, 15) is 4.79 Å². The molecule has 0 unspecified atom stereocenters. The molecule has 0 fully saturated rings. The van der Waals surface area contributed by atoms with Crippen LogP contribution in [0.4, 0.5) is 5.69 Å². The van der Waals surface area contributed by atoms with Crippen molar-refractivity contribution in [1.82, 2.24) is 0 Å². The second-order valence-corrected chi connectivity index (χ2v) is 5.63. The lowest BCUT2D eigenvalue weighted by Crippen LogP contribution is -1.99.